The molecule has 4 N–H and O–H groups in total. The molecule has 0 spiro atoms. The molecule has 0 fully saturated rings. The van der Waals surface area contributed by atoms with Gasteiger partial charge in [0.2, 0.25) is 5.91 Å². The summed E-state index contributed by atoms with van der Waals surface area (Å²) in [7, 11) is 0. The third-order valence-corrected chi connectivity index (χ3v) is 7.17. The predicted molar refractivity (Wildman–Crippen MR) is 156 cm³/mol. The lowest BCUT2D eigenvalue weighted by molar-refractivity contribution is -0.150. The van der Waals surface area contributed by atoms with Gasteiger partial charge in [-0.1, -0.05) is 97.3 Å². The zero-order valence-corrected chi connectivity index (χ0v) is 24.8. The molecule has 0 rings (SSSR count). The Balaban J connectivity index is 4.16. The first-order chi connectivity index (χ1) is 18.4. The Morgan fingerprint density at radius 1 is 0.658 bits per heavy atom. The number of ether oxygens (including phenoxy) is 1. The van der Waals surface area contributed by atoms with Gasteiger partial charge in [0.1, 0.15) is 12.1 Å². The van der Waals surface area contributed by atoms with Crippen molar-refractivity contribution in [2.24, 2.45) is 5.73 Å². The van der Waals surface area contributed by atoms with Crippen LogP contribution in [0.5, 0.6) is 0 Å². The topological polar surface area (TPSA) is 119 Å². The molecule has 0 saturated heterocycles. The average molecular weight is 541 g/mol. The largest absolute Gasteiger partial charge is 0.480 e. The van der Waals surface area contributed by atoms with Gasteiger partial charge in [0.15, 0.2) is 0 Å². The first-order valence-corrected chi connectivity index (χ1v) is 15.9. The van der Waals surface area contributed by atoms with Gasteiger partial charge in [-0.3, -0.25) is 9.59 Å². The van der Waals surface area contributed by atoms with Crippen molar-refractivity contribution in [3.8, 4) is 0 Å². The van der Waals surface area contributed by atoms with E-state index in [0.29, 0.717) is 38.6 Å². The van der Waals surface area contributed by atoms with Gasteiger partial charge in [-0.05, 0) is 57.9 Å². The van der Waals surface area contributed by atoms with E-state index in [2.05, 4.69) is 19.2 Å². The third-order valence-electron chi connectivity index (χ3n) is 7.17. The number of rotatable bonds is 28. The molecule has 7 heteroatoms. The number of amides is 1. The summed E-state index contributed by atoms with van der Waals surface area (Å²) in [4.78, 5) is 35.9. The number of esters is 1. The number of unbranched alkanes of at least 4 members (excludes halogenated alkanes) is 14. The minimum atomic E-state index is -1.02. The highest BCUT2D eigenvalue weighted by molar-refractivity contribution is 5.83. The highest BCUT2D eigenvalue weighted by atomic mass is 16.5. The number of hydrogen-bond donors (Lipinski definition) is 3. The van der Waals surface area contributed by atoms with Crippen molar-refractivity contribution in [1.82, 2.24) is 5.32 Å². The Morgan fingerprint density at radius 3 is 1.66 bits per heavy atom. The zero-order chi connectivity index (χ0) is 28.3. The van der Waals surface area contributed by atoms with Crippen LogP contribution in [-0.2, 0) is 19.1 Å². The molecule has 38 heavy (non-hydrogen) atoms. The molecule has 0 saturated carbocycles. The molecular weight excluding hydrogens is 480 g/mol. The van der Waals surface area contributed by atoms with Gasteiger partial charge in [0.05, 0.1) is 0 Å². The van der Waals surface area contributed by atoms with E-state index in [1.807, 2.05) is 0 Å². The van der Waals surface area contributed by atoms with Gasteiger partial charge in [-0.15, -0.1) is 0 Å². The average Bonchev–Trinajstić information content (AvgIpc) is 2.89. The molecule has 2 unspecified atom stereocenters. The Bertz CT molecular complexity index is 585. The molecule has 7 nitrogen and oxygen atoms in total. The minimum Gasteiger partial charge on any atom is -0.480 e. The van der Waals surface area contributed by atoms with Crippen molar-refractivity contribution in [2.75, 3.05) is 6.54 Å². The molecule has 2 atom stereocenters. The normalized spacial score (nSPS) is 12.7. The van der Waals surface area contributed by atoms with Crippen LogP contribution in [0.25, 0.3) is 0 Å². The number of nitrogens with two attached hydrogens (primary N) is 1. The fourth-order valence-corrected chi connectivity index (χ4v) is 4.74. The second kappa shape index (κ2) is 27.0. The van der Waals surface area contributed by atoms with E-state index in [1.54, 1.807) is 0 Å². The van der Waals surface area contributed by atoms with Crippen LogP contribution in [0.4, 0.5) is 0 Å². The van der Waals surface area contributed by atoms with E-state index < -0.39 is 12.0 Å². The minimum absolute atomic E-state index is 0.0380. The number of carboxylic acids is 1. The molecule has 0 aromatic heterocycles. The first-order valence-electron chi connectivity index (χ1n) is 15.9. The summed E-state index contributed by atoms with van der Waals surface area (Å²) in [5.41, 5.74) is 5.45. The van der Waals surface area contributed by atoms with E-state index in [4.69, 9.17) is 10.5 Å². The lowest BCUT2D eigenvalue weighted by atomic mass is 10.0. The standard InChI is InChI=1S/C31H60N2O5/c1-3-5-7-9-10-11-12-13-14-19-25-30(35)38-27(21-16-8-6-4-2)22-17-15-18-24-29(34)33-28(31(36)37)23-20-26-32/h27-28H,3-26,32H2,1-2H3,(H,33,34)(H,36,37). The molecule has 0 aromatic carbocycles. The number of carbonyl (C=O) groups excluding carboxylic acids is 2. The summed E-state index contributed by atoms with van der Waals surface area (Å²) in [5.74, 6) is -1.31. The Kier molecular flexibility index (Phi) is 25.8. The first kappa shape index (κ1) is 36.4. The summed E-state index contributed by atoms with van der Waals surface area (Å²) in [6.07, 6.45) is 23.0. The van der Waals surface area contributed by atoms with Crippen molar-refractivity contribution >= 4 is 17.8 Å². The van der Waals surface area contributed by atoms with E-state index in [0.717, 1.165) is 51.4 Å². The van der Waals surface area contributed by atoms with Crippen LogP contribution in [0.3, 0.4) is 0 Å². The molecule has 224 valence electrons. The third kappa shape index (κ3) is 23.5. The van der Waals surface area contributed by atoms with E-state index in [-0.39, 0.29) is 18.0 Å². The Hall–Kier alpha value is -1.63. The van der Waals surface area contributed by atoms with Crippen molar-refractivity contribution in [3.05, 3.63) is 0 Å². The summed E-state index contributed by atoms with van der Waals surface area (Å²) in [5, 5.41) is 11.8. The van der Waals surface area contributed by atoms with Crippen LogP contribution in [-0.4, -0.2) is 41.6 Å². The second-order valence-electron chi connectivity index (χ2n) is 10.9. The maximum Gasteiger partial charge on any atom is 0.326 e. The molecule has 0 heterocycles. The number of hydrogen-bond acceptors (Lipinski definition) is 5. The van der Waals surface area contributed by atoms with Gasteiger partial charge in [-0.25, -0.2) is 4.79 Å². The highest BCUT2D eigenvalue weighted by Crippen LogP contribution is 2.18. The summed E-state index contributed by atoms with van der Waals surface area (Å²) < 4.78 is 5.86. The quantitative estimate of drug-likeness (QED) is 0.0701. The van der Waals surface area contributed by atoms with Crippen LogP contribution in [0, 0.1) is 0 Å². The zero-order valence-electron chi connectivity index (χ0n) is 24.8. The van der Waals surface area contributed by atoms with Crippen molar-refractivity contribution in [1.29, 1.82) is 0 Å². The monoisotopic (exact) mass is 540 g/mol. The van der Waals surface area contributed by atoms with Gasteiger partial charge in [0.25, 0.3) is 0 Å². The molecule has 0 aliphatic heterocycles. The Morgan fingerprint density at radius 2 is 1.13 bits per heavy atom. The molecule has 0 aromatic rings. The van der Waals surface area contributed by atoms with Crippen LogP contribution in [0.15, 0.2) is 0 Å². The fourth-order valence-electron chi connectivity index (χ4n) is 4.74. The Labute approximate surface area is 233 Å². The van der Waals surface area contributed by atoms with Crippen molar-refractivity contribution < 1.29 is 24.2 Å². The lowest BCUT2D eigenvalue weighted by Gasteiger charge is -2.18. The van der Waals surface area contributed by atoms with Crippen molar-refractivity contribution in [2.45, 2.75) is 174 Å². The maximum absolute atomic E-state index is 12.5. The van der Waals surface area contributed by atoms with Gasteiger partial charge in [0, 0.05) is 12.8 Å². The molecular formula is C31H60N2O5. The maximum atomic E-state index is 12.5. The molecule has 0 aliphatic carbocycles. The SMILES string of the molecule is CCCCCCCCCCCCC(=O)OC(CCCCCC)CCCCCC(=O)NC(CCCN)C(=O)O. The summed E-state index contributed by atoms with van der Waals surface area (Å²) >= 11 is 0. The molecule has 0 bridgehead atoms. The number of carbonyl (C=O) groups is 3. The van der Waals surface area contributed by atoms with Gasteiger partial charge >= 0.3 is 11.9 Å². The van der Waals surface area contributed by atoms with Crippen LogP contribution >= 0.6 is 0 Å². The summed E-state index contributed by atoms with van der Waals surface area (Å²) in [6, 6.07) is -0.867. The van der Waals surface area contributed by atoms with Gasteiger partial charge in [-0.2, -0.15) is 0 Å². The van der Waals surface area contributed by atoms with E-state index >= 15 is 0 Å². The molecule has 0 aliphatic rings. The van der Waals surface area contributed by atoms with Gasteiger partial charge < -0.3 is 20.9 Å². The predicted octanol–water partition coefficient (Wildman–Crippen LogP) is 7.44. The van der Waals surface area contributed by atoms with E-state index in [1.165, 1.54) is 64.2 Å². The summed E-state index contributed by atoms with van der Waals surface area (Å²) in [6.45, 7) is 4.84. The number of carboxylic acid groups (broad SMARTS) is 1. The van der Waals surface area contributed by atoms with Crippen LogP contribution < -0.4 is 11.1 Å². The van der Waals surface area contributed by atoms with Crippen molar-refractivity contribution in [3.63, 3.8) is 0 Å². The van der Waals surface area contributed by atoms with Crippen LogP contribution in [0.2, 0.25) is 0 Å². The lowest BCUT2D eigenvalue weighted by Crippen LogP contribution is -2.40. The fraction of sp³-hybridized carbons (Fsp3) is 0.903. The molecule has 0 radical (unpaired) electrons. The molecule has 1 amide bonds. The second-order valence-corrected chi connectivity index (χ2v) is 10.9. The number of aliphatic carboxylic acids is 1. The smallest absolute Gasteiger partial charge is 0.326 e. The number of nitrogens with one attached hydrogen (secondary N) is 1. The highest BCUT2D eigenvalue weighted by Gasteiger charge is 2.19. The van der Waals surface area contributed by atoms with E-state index in [9.17, 15) is 19.5 Å². The van der Waals surface area contributed by atoms with Crippen LogP contribution in [0.1, 0.15) is 162 Å².